The van der Waals surface area contributed by atoms with E-state index in [0.29, 0.717) is 18.1 Å². The number of piperidine rings is 2. The first kappa shape index (κ1) is 30.0. The molecule has 9 atom stereocenters. The van der Waals surface area contributed by atoms with Crippen LogP contribution in [0.1, 0.15) is 73.5 Å². The number of epoxide rings is 1. The maximum atomic E-state index is 13.7. The number of benzene rings is 2. The number of nitrogens with zero attached hydrogens (tertiary/aromatic N) is 2. The van der Waals surface area contributed by atoms with Crippen LogP contribution in [0, 0.1) is 23.2 Å². The van der Waals surface area contributed by atoms with Gasteiger partial charge in [0.15, 0.2) is 0 Å². The molecule has 6 heterocycles. The van der Waals surface area contributed by atoms with Crippen LogP contribution in [0.4, 0.5) is 0 Å². The van der Waals surface area contributed by atoms with E-state index in [-0.39, 0.29) is 35.2 Å². The van der Waals surface area contributed by atoms with Crippen LogP contribution in [0.2, 0.25) is 0 Å². The number of rotatable bonds is 4. The van der Waals surface area contributed by atoms with Crippen LogP contribution in [0.5, 0.6) is 0 Å². The van der Waals surface area contributed by atoms with Gasteiger partial charge in [0.25, 0.3) is 0 Å². The number of aromatic amines is 2. The summed E-state index contributed by atoms with van der Waals surface area (Å²) in [6.07, 6.45) is 8.25. The molecule has 2 aromatic carbocycles. The number of methoxy groups -OCH3 is 1. The zero-order valence-electron chi connectivity index (χ0n) is 28.5. The number of likely N-dealkylation sites (tertiary alicyclic amines) is 1. The summed E-state index contributed by atoms with van der Waals surface area (Å²) in [7, 11) is 3.79. The molecule has 4 bridgehead atoms. The third-order valence-corrected chi connectivity index (χ3v) is 13.5. The molecule has 248 valence electrons. The van der Waals surface area contributed by atoms with Gasteiger partial charge in [-0.1, -0.05) is 44.5 Å². The number of hydrogen-bond donors (Lipinski definition) is 2. The van der Waals surface area contributed by atoms with Crippen LogP contribution in [-0.4, -0.2) is 84.3 Å². The highest BCUT2D eigenvalue weighted by Crippen LogP contribution is 2.51. The van der Waals surface area contributed by atoms with Crippen molar-refractivity contribution in [1.29, 1.82) is 0 Å². The molecule has 5 aliphatic rings. The normalized spacial score (nSPS) is 35.1. The van der Waals surface area contributed by atoms with Crippen molar-refractivity contribution in [3.05, 3.63) is 70.5 Å². The minimum Gasteiger partial charge on any atom is -0.469 e. The summed E-state index contributed by atoms with van der Waals surface area (Å²) in [5.41, 5.74) is 9.73. The van der Waals surface area contributed by atoms with Crippen molar-refractivity contribution in [3.8, 4) is 0 Å². The Bertz CT molecular complexity index is 1840. The van der Waals surface area contributed by atoms with Gasteiger partial charge in [0.05, 0.1) is 25.2 Å². The number of likely N-dealkylation sites (N-methyl/N-ethyl adjacent to an activating group) is 1. The number of hydrogen-bond acceptors (Lipinski definition) is 5. The first-order chi connectivity index (χ1) is 22.9. The van der Waals surface area contributed by atoms with Gasteiger partial charge in [0, 0.05) is 76.7 Å². The Kier molecular flexibility index (Phi) is 7.15. The van der Waals surface area contributed by atoms with Gasteiger partial charge in [-0.15, -0.1) is 0 Å². The maximum absolute atomic E-state index is 13.7. The fourth-order valence-electron chi connectivity index (χ4n) is 10.9. The zero-order valence-corrected chi connectivity index (χ0v) is 28.5. The van der Waals surface area contributed by atoms with Gasteiger partial charge in [-0.25, -0.2) is 0 Å². The smallest absolute Gasteiger partial charge is 0.310 e. The van der Waals surface area contributed by atoms with Gasteiger partial charge in [0.2, 0.25) is 0 Å². The van der Waals surface area contributed by atoms with Crippen molar-refractivity contribution in [2.45, 2.75) is 83.0 Å². The van der Waals surface area contributed by atoms with Gasteiger partial charge in [-0.2, -0.15) is 0 Å². The molecule has 0 saturated carbocycles. The summed E-state index contributed by atoms with van der Waals surface area (Å²) < 4.78 is 11.8. The van der Waals surface area contributed by atoms with Crippen LogP contribution < -0.4 is 0 Å². The Morgan fingerprint density at radius 1 is 1.04 bits per heavy atom. The molecular formula is C40H50N4O3. The first-order valence-electron chi connectivity index (χ1n) is 18.3. The van der Waals surface area contributed by atoms with Crippen molar-refractivity contribution < 1.29 is 14.3 Å². The van der Waals surface area contributed by atoms with Gasteiger partial charge < -0.3 is 24.3 Å². The van der Waals surface area contributed by atoms with Gasteiger partial charge in [0.1, 0.15) is 0 Å². The summed E-state index contributed by atoms with van der Waals surface area (Å²) in [5, 5.41) is 2.68. The Hall–Kier alpha value is -3.13. The highest BCUT2D eigenvalue weighted by molar-refractivity contribution is 5.87. The van der Waals surface area contributed by atoms with E-state index >= 15 is 0 Å². The molecule has 47 heavy (non-hydrogen) atoms. The molecule has 1 aliphatic carbocycles. The van der Waals surface area contributed by atoms with Crippen LogP contribution in [-0.2, 0) is 33.5 Å². The minimum absolute atomic E-state index is 0.0429. The first-order valence-corrected chi connectivity index (χ1v) is 18.3. The molecule has 0 radical (unpaired) electrons. The molecule has 7 nitrogen and oxygen atoms in total. The largest absolute Gasteiger partial charge is 0.469 e. The quantitative estimate of drug-likeness (QED) is 0.200. The van der Waals surface area contributed by atoms with Crippen molar-refractivity contribution in [1.82, 2.24) is 19.8 Å². The zero-order chi connectivity index (χ0) is 32.0. The number of carbonyl (C=O) groups is 1. The minimum atomic E-state index is -0.137. The van der Waals surface area contributed by atoms with Crippen LogP contribution in [0.25, 0.3) is 21.8 Å². The molecular weight excluding hydrogens is 584 g/mol. The summed E-state index contributed by atoms with van der Waals surface area (Å²) in [5.74, 6) is 0.703. The summed E-state index contributed by atoms with van der Waals surface area (Å²) in [4.78, 5) is 26.7. The van der Waals surface area contributed by atoms with Crippen LogP contribution in [0.3, 0.4) is 0 Å². The number of H-pyrrole nitrogens is 2. The van der Waals surface area contributed by atoms with Crippen LogP contribution >= 0.6 is 0 Å². The van der Waals surface area contributed by atoms with E-state index in [9.17, 15) is 4.79 Å². The monoisotopic (exact) mass is 634 g/mol. The molecule has 4 aliphatic heterocycles. The SMILES string of the molecule is CC[C@@H]1CN(C)[C@H]2Cc3c([nH]c4ccccc34)[C@H](c3ccc4[nH]c5c(c4c3)CCN3C[C@H]4O[C@H]4[C@@](CC)(CC5)C3)C[C@@H]1[C@@H]2C(=O)OC. The lowest BCUT2D eigenvalue weighted by Gasteiger charge is -2.49. The third-order valence-electron chi connectivity index (χ3n) is 13.5. The van der Waals surface area contributed by atoms with E-state index in [1.165, 1.54) is 69.3 Å². The Labute approximate surface area is 278 Å². The van der Waals surface area contributed by atoms with E-state index in [2.05, 4.69) is 83.1 Å². The van der Waals surface area contributed by atoms with Crippen molar-refractivity contribution in [3.63, 3.8) is 0 Å². The standard InChI is InChI=1S/C40H50N4O3/c1-5-23-20-43(3)34-19-30-25-9-7-8-10-31(25)42-37(30)28(18-27(23)36(34)39(45)46-4)24-11-12-32-29(17-24)26-14-16-44-21-35-38(47-35)40(6-2,22-44)15-13-33(26)41-32/h7-12,17,23,27-28,34-36,38,41-42H,5-6,13-16,18-22H2,1-4H3/t23-,27+,28+,34+,35-,36+,38-,40+/m1/s1. The Morgan fingerprint density at radius 2 is 1.89 bits per heavy atom. The second-order valence-electron chi connectivity index (χ2n) is 15.6. The molecule has 1 unspecified atom stereocenters. The maximum Gasteiger partial charge on any atom is 0.310 e. The van der Waals surface area contributed by atoms with Crippen molar-refractivity contribution >= 4 is 27.8 Å². The molecule has 0 spiro atoms. The number of fused-ring (bicyclic) bond motifs is 12. The molecule has 0 amide bonds. The molecule has 3 saturated heterocycles. The van der Waals surface area contributed by atoms with Gasteiger partial charge in [-0.3, -0.25) is 9.69 Å². The summed E-state index contributed by atoms with van der Waals surface area (Å²) >= 11 is 0. The highest BCUT2D eigenvalue weighted by Gasteiger charge is 2.58. The number of carbonyl (C=O) groups excluding carboxylic acids is 1. The molecule has 4 aromatic rings. The van der Waals surface area contributed by atoms with E-state index in [1.54, 1.807) is 7.11 Å². The lowest BCUT2D eigenvalue weighted by Crippen LogP contribution is -2.56. The predicted octanol–water partition coefficient (Wildman–Crippen LogP) is 6.44. The molecule has 7 heteroatoms. The van der Waals surface area contributed by atoms with E-state index in [0.717, 1.165) is 51.7 Å². The number of nitrogens with one attached hydrogen (secondary N) is 2. The Balaban J connectivity index is 1.17. The predicted molar refractivity (Wildman–Crippen MR) is 186 cm³/mol. The lowest BCUT2D eigenvalue weighted by molar-refractivity contribution is -0.155. The fraction of sp³-hybridized carbons (Fsp3) is 0.575. The fourth-order valence-corrected chi connectivity index (χ4v) is 10.9. The number of aromatic nitrogens is 2. The van der Waals surface area contributed by atoms with Gasteiger partial charge >= 0.3 is 5.97 Å². The highest BCUT2D eigenvalue weighted by atomic mass is 16.6. The molecule has 3 fully saturated rings. The second-order valence-corrected chi connectivity index (χ2v) is 15.6. The lowest BCUT2D eigenvalue weighted by atomic mass is 9.64. The summed E-state index contributed by atoms with van der Waals surface area (Å²) in [6, 6.07) is 16.1. The third kappa shape index (κ3) is 4.67. The molecule has 2 aromatic heterocycles. The summed E-state index contributed by atoms with van der Waals surface area (Å²) in [6.45, 7) is 9.02. The van der Waals surface area contributed by atoms with Crippen molar-refractivity contribution in [2.75, 3.05) is 40.3 Å². The molecule has 9 rings (SSSR count). The molecule has 2 N–H and O–H groups in total. The van der Waals surface area contributed by atoms with Gasteiger partial charge in [-0.05, 0) is 92.3 Å². The second kappa shape index (κ2) is 11.2. The number of ether oxygens (including phenoxy) is 2. The van der Waals surface area contributed by atoms with Crippen LogP contribution in [0.15, 0.2) is 42.5 Å². The topological polar surface area (TPSA) is 76.9 Å². The average Bonchev–Trinajstić information content (AvgIpc) is 3.67. The number of aryl methyl sites for hydroxylation is 1. The van der Waals surface area contributed by atoms with Crippen molar-refractivity contribution in [2.24, 2.45) is 23.2 Å². The van der Waals surface area contributed by atoms with E-state index in [1.807, 2.05) is 0 Å². The Morgan fingerprint density at radius 3 is 2.72 bits per heavy atom. The van der Waals surface area contributed by atoms with E-state index < -0.39 is 0 Å². The number of para-hydroxylation sites is 1. The number of esters is 1. The van der Waals surface area contributed by atoms with E-state index in [4.69, 9.17) is 9.47 Å². The average molecular weight is 635 g/mol.